The van der Waals surface area contributed by atoms with Gasteiger partial charge in [0, 0.05) is 20.2 Å². The maximum atomic E-state index is 2.34. The van der Waals surface area contributed by atoms with Crippen LogP contribution in [0.3, 0.4) is 0 Å². The Labute approximate surface area is 157 Å². The molecule has 0 aliphatic carbocycles. The summed E-state index contributed by atoms with van der Waals surface area (Å²) >= 11 is 1.87. The smallest absolute Gasteiger partial charge is 0.0355 e. The first-order valence-corrected chi connectivity index (χ1v) is 9.68. The molecule has 0 N–H and O–H groups in total. The van der Waals surface area contributed by atoms with Crippen molar-refractivity contribution in [2.45, 2.75) is 6.92 Å². The summed E-state index contributed by atoms with van der Waals surface area (Å²) in [5.41, 5.74) is 6.39. The topological polar surface area (TPSA) is 0 Å². The van der Waals surface area contributed by atoms with E-state index in [0.717, 1.165) is 0 Å². The molecular formula is C25H18S. The minimum Gasteiger partial charge on any atom is -0.135 e. The van der Waals surface area contributed by atoms with E-state index in [1.54, 1.807) is 0 Å². The fourth-order valence-electron chi connectivity index (χ4n) is 3.51. The van der Waals surface area contributed by atoms with Crippen LogP contribution < -0.4 is 0 Å². The SMILES string of the molecule is Cc1ccc(-c2ccc3sc4ccc(-c5ccccc5)cc4c3c2)cc1. The van der Waals surface area contributed by atoms with Gasteiger partial charge in [-0.05, 0) is 53.4 Å². The van der Waals surface area contributed by atoms with Crippen molar-refractivity contribution in [3.05, 3.63) is 96.6 Å². The van der Waals surface area contributed by atoms with E-state index in [1.807, 2.05) is 11.3 Å². The molecule has 0 saturated carbocycles. The van der Waals surface area contributed by atoms with Crippen LogP contribution in [0.25, 0.3) is 42.4 Å². The summed E-state index contributed by atoms with van der Waals surface area (Å²) in [6.07, 6.45) is 0. The molecule has 5 rings (SSSR count). The molecule has 0 saturated heterocycles. The van der Waals surface area contributed by atoms with E-state index in [1.165, 1.54) is 48.0 Å². The van der Waals surface area contributed by atoms with Gasteiger partial charge < -0.3 is 0 Å². The van der Waals surface area contributed by atoms with Crippen LogP contribution in [0.4, 0.5) is 0 Å². The zero-order valence-electron chi connectivity index (χ0n) is 14.6. The monoisotopic (exact) mass is 350 g/mol. The number of thiophene rings is 1. The summed E-state index contributed by atoms with van der Waals surface area (Å²) in [5.74, 6) is 0. The summed E-state index contributed by atoms with van der Waals surface area (Å²) < 4.78 is 2.70. The molecule has 4 aromatic carbocycles. The molecule has 1 heterocycles. The van der Waals surface area contributed by atoms with Crippen LogP contribution in [0.5, 0.6) is 0 Å². The van der Waals surface area contributed by atoms with E-state index in [0.29, 0.717) is 0 Å². The largest absolute Gasteiger partial charge is 0.135 e. The van der Waals surface area contributed by atoms with Gasteiger partial charge >= 0.3 is 0 Å². The average molecular weight is 350 g/mol. The zero-order valence-corrected chi connectivity index (χ0v) is 15.4. The van der Waals surface area contributed by atoms with Crippen LogP contribution in [0, 0.1) is 6.92 Å². The molecule has 124 valence electrons. The Bertz CT molecular complexity index is 1210. The molecule has 1 aromatic heterocycles. The molecule has 0 bridgehead atoms. The molecule has 0 aliphatic rings. The van der Waals surface area contributed by atoms with Gasteiger partial charge in [0.2, 0.25) is 0 Å². The quantitative estimate of drug-likeness (QED) is 0.306. The second-order valence-electron chi connectivity index (χ2n) is 6.76. The number of fused-ring (bicyclic) bond motifs is 3. The Morgan fingerprint density at radius 3 is 1.58 bits per heavy atom. The highest BCUT2D eigenvalue weighted by atomic mass is 32.1. The zero-order chi connectivity index (χ0) is 17.5. The van der Waals surface area contributed by atoms with Crippen molar-refractivity contribution >= 4 is 31.5 Å². The molecule has 0 amide bonds. The van der Waals surface area contributed by atoms with E-state index >= 15 is 0 Å². The van der Waals surface area contributed by atoms with E-state index < -0.39 is 0 Å². The molecule has 0 atom stereocenters. The predicted molar refractivity (Wildman–Crippen MR) is 115 cm³/mol. The minimum absolute atomic E-state index is 1.27. The number of hydrogen-bond donors (Lipinski definition) is 0. The van der Waals surface area contributed by atoms with Gasteiger partial charge in [0.1, 0.15) is 0 Å². The third-order valence-corrected chi connectivity index (χ3v) is 6.11. The molecule has 26 heavy (non-hydrogen) atoms. The molecule has 5 aromatic rings. The molecule has 0 aliphatic heterocycles. The third kappa shape index (κ3) is 2.61. The lowest BCUT2D eigenvalue weighted by molar-refractivity contribution is 1.47. The molecule has 0 spiro atoms. The highest BCUT2D eigenvalue weighted by Gasteiger charge is 2.08. The lowest BCUT2D eigenvalue weighted by atomic mass is 10.00. The highest BCUT2D eigenvalue weighted by Crippen LogP contribution is 2.38. The molecular weight excluding hydrogens is 332 g/mol. The average Bonchev–Trinajstić information content (AvgIpc) is 3.06. The molecule has 0 fully saturated rings. The minimum atomic E-state index is 1.27. The Morgan fingerprint density at radius 2 is 1.00 bits per heavy atom. The Hall–Kier alpha value is -2.90. The van der Waals surface area contributed by atoms with Gasteiger partial charge in [0.05, 0.1) is 0 Å². The normalized spacial score (nSPS) is 11.3. The van der Waals surface area contributed by atoms with Crippen LogP contribution in [-0.4, -0.2) is 0 Å². The first-order chi connectivity index (χ1) is 12.8. The first-order valence-electron chi connectivity index (χ1n) is 8.87. The Balaban J connectivity index is 1.71. The van der Waals surface area contributed by atoms with Gasteiger partial charge in [0.25, 0.3) is 0 Å². The number of benzene rings is 4. The van der Waals surface area contributed by atoms with E-state index in [2.05, 4.69) is 97.9 Å². The van der Waals surface area contributed by atoms with Gasteiger partial charge in [-0.3, -0.25) is 0 Å². The maximum absolute atomic E-state index is 2.34. The van der Waals surface area contributed by atoms with Gasteiger partial charge in [-0.2, -0.15) is 0 Å². The third-order valence-electron chi connectivity index (χ3n) is 4.96. The van der Waals surface area contributed by atoms with Gasteiger partial charge in [-0.1, -0.05) is 72.3 Å². The number of rotatable bonds is 2. The van der Waals surface area contributed by atoms with Crippen LogP contribution >= 0.6 is 11.3 Å². The van der Waals surface area contributed by atoms with Crippen molar-refractivity contribution in [2.24, 2.45) is 0 Å². The molecule has 0 nitrogen and oxygen atoms in total. The number of aryl methyl sites for hydroxylation is 1. The van der Waals surface area contributed by atoms with Crippen molar-refractivity contribution < 1.29 is 0 Å². The Morgan fingerprint density at radius 1 is 0.500 bits per heavy atom. The molecule has 1 heteroatoms. The standard InChI is InChI=1S/C25H18S/c1-17-7-9-19(10-8-17)21-12-14-25-23(16-21)22-15-20(11-13-24(22)26-25)18-5-3-2-4-6-18/h2-16H,1H3. The van der Waals surface area contributed by atoms with Crippen LogP contribution in [0.15, 0.2) is 91.0 Å². The van der Waals surface area contributed by atoms with Crippen LogP contribution in [0.2, 0.25) is 0 Å². The maximum Gasteiger partial charge on any atom is 0.0355 e. The molecule has 0 unspecified atom stereocenters. The number of hydrogen-bond acceptors (Lipinski definition) is 1. The van der Waals surface area contributed by atoms with E-state index in [-0.39, 0.29) is 0 Å². The second-order valence-corrected chi connectivity index (χ2v) is 7.84. The summed E-state index contributed by atoms with van der Waals surface area (Å²) in [6, 6.07) is 33.0. The van der Waals surface area contributed by atoms with Crippen LogP contribution in [0.1, 0.15) is 5.56 Å². The van der Waals surface area contributed by atoms with Crippen molar-refractivity contribution in [3.8, 4) is 22.3 Å². The summed E-state index contributed by atoms with van der Waals surface area (Å²) in [7, 11) is 0. The van der Waals surface area contributed by atoms with Gasteiger partial charge in [-0.15, -0.1) is 11.3 Å². The fourth-order valence-corrected chi connectivity index (χ4v) is 4.58. The predicted octanol–water partition coefficient (Wildman–Crippen LogP) is 7.70. The first kappa shape index (κ1) is 15.4. The highest BCUT2D eigenvalue weighted by molar-refractivity contribution is 7.25. The van der Waals surface area contributed by atoms with Crippen molar-refractivity contribution in [2.75, 3.05) is 0 Å². The summed E-state index contributed by atoms with van der Waals surface area (Å²) in [6.45, 7) is 2.13. The lowest BCUT2D eigenvalue weighted by Crippen LogP contribution is -1.79. The van der Waals surface area contributed by atoms with Gasteiger partial charge in [0.15, 0.2) is 0 Å². The lowest BCUT2D eigenvalue weighted by Gasteiger charge is -2.04. The van der Waals surface area contributed by atoms with Crippen molar-refractivity contribution in [1.82, 2.24) is 0 Å². The fraction of sp³-hybridized carbons (Fsp3) is 0.0400. The van der Waals surface area contributed by atoms with Crippen molar-refractivity contribution in [1.29, 1.82) is 0 Å². The van der Waals surface area contributed by atoms with Crippen molar-refractivity contribution in [3.63, 3.8) is 0 Å². The van der Waals surface area contributed by atoms with Gasteiger partial charge in [-0.25, -0.2) is 0 Å². The Kier molecular flexibility index (Phi) is 3.62. The summed E-state index contributed by atoms with van der Waals surface area (Å²) in [5, 5.41) is 2.70. The molecule has 0 radical (unpaired) electrons. The second kappa shape index (κ2) is 6.12. The summed E-state index contributed by atoms with van der Waals surface area (Å²) in [4.78, 5) is 0. The van der Waals surface area contributed by atoms with Crippen LogP contribution in [-0.2, 0) is 0 Å². The van der Waals surface area contributed by atoms with E-state index in [9.17, 15) is 0 Å². The van der Waals surface area contributed by atoms with E-state index in [4.69, 9.17) is 0 Å².